The molecule has 3 unspecified atom stereocenters. The molecule has 0 aliphatic heterocycles. The molecule has 0 aromatic carbocycles. The summed E-state index contributed by atoms with van der Waals surface area (Å²) in [6, 6.07) is -0.721. The zero-order valence-electron chi connectivity index (χ0n) is 43.1. The zero-order valence-corrected chi connectivity index (χ0v) is 43.1. The number of hydrogen-bond acceptors (Lipinski definition) is 5. The zero-order chi connectivity index (χ0) is 47.4. The average Bonchev–Trinajstić information content (AvgIpc) is 3.30. The van der Waals surface area contributed by atoms with Crippen LogP contribution in [-0.2, 0) is 14.3 Å². The largest absolute Gasteiger partial charge is 0.462 e. The minimum atomic E-state index is -0.804. The number of esters is 1. The van der Waals surface area contributed by atoms with Crippen LogP contribution in [0.2, 0.25) is 0 Å². The summed E-state index contributed by atoms with van der Waals surface area (Å²) >= 11 is 0. The smallest absolute Gasteiger partial charge is 0.306 e. The van der Waals surface area contributed by atoms with Gasteiger partial charge in [-0.05, 0) is 89.9 Å². The van der Waals surface area contributed by atoms with Gasteiger partial charge in [0.05, 0.1) is 25.2 Å². The van der Waals surface area contributed by atoms with E-state index in [-0.39, 0.29) is 24.9 Å². The fraction of sp³-hybridized carbons (Fsp3) is 0.797. The Balaban J connectivity index is 4.66. The summed E-state index contributed by atoms with van der Waals surface area (Å²) in [4.78, 5) is 26.2. The van der Waals surface area contributed by atoms with E-state index in [0.717, 1.165) is 83.5 Å². The van der Waals surface area contributed by atoms with E-state index in [2.05, 4.69) is 86.8 Å². The van der Waals surface area contributed by atoms with Crippen LogP contribution in [0.3, 0.4) is 0 Å². The number of aliphatic hydroxyl groups is 2. The number of carbonyl (C=O) groups excluding carboxylic acids is 2. The molecule has 0 saturated heterocycles. The molecular weight excluding hydrogens is 803 g/mol. The van der Waals surface area contributed by atoms with Crippen molar-refractivity contribution in [2.24, 2.45) is 0 Å². The molecule has 0 radical (unpaired) electrons. The van der Waals surface area contributed by atoms with Gasteiger partial charge in [0.2, 0.25) is 5.91 Å². The molecule has 0 spiro atoms. The first-order valence-corrected chi connectivity index (χ1v) is 28.0. The molecule has 6 nitrogen and oxygen atoms in total. The molecule has 0 aliphatic rings. The second kappa shape index (κ2) is 52.5. The van der Waals surface area contributed by atoms with Gasteiger partial charge in [0.15, 0.2) is 0 Å². The van der Waals surface area contributed by atoms with Crippen LogP contribution in [0.5, 0.6) is 0 Å². The second-order valence-electron chi connectivity index (χ2n) is 19.0. The minimum Gasteiger partial charge on any atom is -0.462 e. The van der Waals surface area contributed by atoms with Crippen LogP contribution in [0.4, 0.5) is 0 Å². The van der Waals surface area contributed by atoms with Crippen LogP contribution in [0.25, 0.3) is 0 Å². The van der Waals surface area contributed by atoms with Crippen LogP contribution >= 0.6 is 0 Å². The van der Waals surface area contributed by atoms with Gasteiger partial charge < -0.3 is 20.3 Å². The first-order chi connectivity index (χ1) is 32.0. The normalized spacial score (nSPS) is 13.6. The first-order valence-electron chi connectivity index (χ1n) is 28.0. The summed E-state index contributed by atoms with van der Waals surface area (Å²) in [5.74, 6) is -0.538. The SMILES string of the molecule is CCCCC/C=C\C/C=C\C/C=C\CCCCC(CC(=O)NC(CO)C(O)CCCCCCCCCCCCCCCCC)OC(=O)CCCCC/C=C/C=C/CCCCCCCCC. The van der Waals surface area contributed by atoms with E-state index in [1.165, 1.54) is 148 Å². The van der Waals surface area contributed by atoms with Crippen LogP contribution in [0.15, 0.2) is 60.8 Å². The van der Waals surface area contributed by atoms with Crippen LogP contribution in [0, 0.1) is 0 Å². The standard InChI is InChI=1S/C59H107NO5/c1-4-7-10-13-16-19-22-25-28-31-34-37-40-43-46-49-52-59(64)65-55(50-47-44-41-38-35-32-29-26-23-20-17-14-11-8-5-2)53-58(63)60-56(54-61)57(62)51-48-45-42-39-36-33-30-27-24-21-18-15-12-9-6-3/h17,20,26,28-29,31,34-35,37-38,55-57,61-62H,4-16,18-19,21-25,27,30,32-33,36,39-54H2,1-3H3,(H,60,63)/b20-17-,29-26-,31-28+,37-34+,38-35-. The third kappa shape index (κ3) is 47.8. The Hall–Kier alpha value is -2.44. The Morgan fingerprint density at radius 1 is 0.462 bits per heavy atom. The fourth-order valence-corrected chi connectivity index (χ4v) is 8.31. The van der Waals surface area contributed by atoms with Gasteiger partial charge in [0.25, 0.3) is 0 Å². The van der Waals surface area contributed by atoms with Crippen LogP contribution in [-0.4, -0.2) is 46.9 Å². The van der Waals surface area contributed by atoms with E-state index in [4.69, 9.17) is 4.74 Å². The summed E-state index contributed by atoms with van der Waals surface area (Å²) in [6.45, 7) is 6.45. The Morgan fingerprint density at radius 2 is 0.831 bits per heavy atom. The highest BCUT2D eigenvalue weighted by atomic mass is 16.5. The second-order valence-corrected chi connectivity index (χ2v) is 19.0. The molecule has 0 aromatic heterocycles. The van der Waals surface area contributed by atoms with Crippen molar-refractivity contribution in [1.29, 1.82) is 0 Å². The maximum absolute atomic E-state index is 13.2. The highest BCUT2D eigenvalue weighted by Gasteiger charge is 2.24. The van der Waals surface area contributed by atoms with Gasteiger partial charge in [-0.25, -0.2) is 0 Å². The van der Waals surface area contributed by atoms with Crippen molar-refractivity contribution in [3.8, 4) is 0 Å². The van der Waals surface area contributed by atoms with Crippen molar-refractivity contribution in [3.63, 3.8) is 0 Å². The van der Waals surface area contributed by atoms with Gasteiger partial charge in [0, 0.05) is 6.42 Å². The molecule has 0 aliphatic carbocycles. The van der Waals surface area contributed by atoms with E-state index >= 15 is 0 Å². The lowest BCUT2D eigenvalue weighted by molar-refractivity contribution is -0.151. The molecule has 3 N–H and O–H groups in total. The van der Waals surface area contributed by atoms with Crippen LogP contribution in [0.1, 0.15) is 278 Å². The van der Waals surface area contributed by atoms with E-state index in [0.29, 0.717) is 19.3 Å². The topological polar surface area (TPSA) is 95.9 Å². The lowest BCUT2D eigenvalue weighted by atomic mass is 10.0. The molecule has 0 bridgehead atoms. The third-order valence-electron chi connectivity index (χ3n) is 12.6. The fourth-order valence-electron chi connectivity index (χ4n) is 8.31. The van der Waals surface area contributed by atoms with Crippen molar-refractivity contribution in [3.05, 3.63) is 60.8 Å². The van der Waals surface area contributed by atoms with Gasteiger partial charge in [-0.15, -0.1) is 0 Å². The number of rotatable bonds is 50. The summed E-state index contributed by atoms with van der Waals surface area (Å²) in [5.41, 5.74) is 0. The lowest BCUT2D eigenvalue weighted by Crippen LogP contribution is -2.46. The van der Waals surface area contributed by atoms with E-state index in [1.54, 1.807) is 0 Å². The molecular formula is C59H107NO5. The van der Waals surface area contributed by atoms with Gasteiger partial charge in [-0.3, -0.25) is 9.59 Å². The number of allylic oxidation sites excluding steroid dienone is 10. The minimum absolute atomic E-state index is 0.0405. The molecule has 378 valence electrons. The Morgan fingerprint density at radius 3 is 1.32 bits per heavy atom. The summed E-state index contributed by atoms with van der Waals surface area (Å²) in [7, 11) is 0. The number of carbonyl (C=O) groups is 2. The van der Waals surface area contributed by atoms with Gasteiger partial charge in [-0.1, -0.05) is 236 Å². The number of hydrogen-bond donors (Lipinski definition) is 3. The molecule has 0 saturated carbocycles. The first kappa shape index (κ1) is 62.6. The van der Waals surface area contributed by atoms with Crippen molar-refractivity contribution in [2.75, 3.05) is 6.61 Å². The Kier molecular flexibility index (Phi) is 50.6. The predicted molar refractivity (Wildman–Crippen MR) is 282 cm³/mol. The molecule has 65 heavy (non-hydrogen) atoms. The number of amides is 1. The predicted octanol–water partition coefficient (Wildman–Crippen LogP) is 17.2. The van der Waals surface area contributed by atoms with E-state index in [1.807, 2.05) is 0 Å². The van der Waals surface area contributed by atoms with Crippen molar-refractivity contribution < 1.29 is 24.5 Å². The highest BCUT2D eigenvalue weighted by molar-refractivity contribution is 5.77. The monoisotopic (exact) mass is 910 g/mol. The van der Waals surface area contributed by atoms with Gasteiger partial charge in [0.1, 0.15) is 6.10 Å². The quantitative estimate of drug-likeness (QED) is 0.0245. The third-order valence-corrected chi connectivity index (χ3v) is 12.6. The molecule has 0 aromatic rings. The summed E-state index contributed by atoms with van der Waals surface area (Å²) in [6.07, 6.45) is 65.7. The molecule has 0 fully saturated rings. The maximum atomic E-state index is 13.2. The molecule has 3 atom stereocenters. The molecule has 0 heterocycles. The number of ether oxygens (including phenoxy) is 1. The lowest BCUT2D eigenvalue weighted by Gasteiger charge is -2.24. The maximum Gasteiger partial charge on any atom is 0.306 e. The average molecular weight is 911 g/mol. The van der Waals surface area contributed by atoms with Crippen molar-refractivity contribution >= 4 is 11.9 Å². The Bertz CT molecular complexity index is 1160. The number of nitrogens with one attached hydrogen (secondary N) is 1. The highest BCUT2D eigenvalue weighted by Crippen LogP contribution is 2.17. The molecule has 0 rings (SSSR count). The van der Waals surface area contributed by atoms with Gasteiger partial charge >= 0.3 is 5.97 Å². The number of aliphatic hydroxyl groups excluding tert-OH is 2. The van der Waals surface area contributed by atoms with Crippen LogP contribution < -0.4 is 5.32 Å². The van der Waals surface area contributed by atoms with E-state index in [9.17, 15) is 19.8 Å². The number of unbranched alkanes of at least 4 members (excludes halogenated alkanes) is 29. The van der Waals surface area contributed by atoms with Crippen molar-refractivity contribution in [1.82, 2.24) is 5.32 Å². The molecule has 1 amide bonds. The van der Waals surface area contributed by atoms with Gasteiger partial charge in [-0.2, -0.15) is 0 Å². The van der Waals surface area contributed by atoms with E-state index < -0.39 is 18.2 Å². The molecule has 6 heteroatoms. The Labute approximate surface area is 403 Å². The summed E-state index contributed by atoms with van der Waals surface area (Å²) in [5, 5.41) is 23.8. The summed E-state index contributed by atoms with van der Waals surface area (Å²) < 4.78 is 5.92. The van der Waals surface area contributed by atoms with Crippen molar-refractivity contribution in [2.45, 2.75) is 296 Å².